The summed E-state index contributed by atoms with van der Waals surface area (Å²) < 4.78 is 1.77. The number of anilines is 1. The fourth-order valence-electron chi connectivity index (χ4n) is 2.37. The molecule has 0 saturated carbocycles. The standard InChI is InChI=1S/C11H21N5O/c1-8-10(11(13-12)15(2)14-8)7-16-5-3-9(17)4-6-16/h9,13,17H,3-7,12H2,1-2H3. The summed E-state index contributed by atoms with van der Waals surface area (Å²) >= 11 is 0. The number of aryl methyl sites for hydroxylation is 2. The summed E-state index contributed by atoms with van der Waals surface area (Å²) in [6.07, 6.45) is 1.57. The molecule has 0 radical (unpaired) electrons. The Morgan fingerprint density at radius 3 is 2.71 bits per heavy atom. The SMILES string of the molecule is Cc1nn(C)c(NN)c1CN1CCC(O)CC1. The molecule has 1 aromatic heterocycles. The van der Waals surface area contributed by atoms with Crippen molar-refractivity contribution >= 4 is 5.82 Å². The molecule has 6 heteroatoms. The Morgan fingerprint density at radius 2 is 2.12 bits per heavy atom. The molecule has 0 spiro atoms. The molecular weight excluding hydrogens is 218 g/mol. The molecule has 0 amide bonds. The number of nitrogens with zero attached hydrogens (tertiary/aromatic N) is 3. The minimum atomic E-state index is -0.131. The van der Waals surface area contributed by atoms with Gasteiger partial charge in [-0.2, -0.15) is 5.10 Å². The topological polar surface area (TPSA) is 79.3 Å². The van der Waals surface area contributed by atoms with Crippen molar-refractivity contribution in [3.05, 3.63) is 11.3 Å². The summed E-state index contributed by atoms with van der Waals surface area (Å²) in [7, 11) is 1.88. The average Bonchev–Trinajstić information content (AvgIpc) is 2.57. The van der Waals surface area contributed by atoms with Crippen molar-refractivity contribution in [2.24, 2.45) is 12.9 Å². The first kappa shape index (κ1) is 12.3. The van der Waals surface area contributed by atoms with Gasteiger partial charge in [-0.1, -0.05) is 0 Å². The fourth-order valence-corrected chi connectivity index (χ4v) is 2.37. The van der Waals surface area contributed by atoms with Gasteiger partial charge in [0, 0.05) is 32.2 Å². The van der Waals surface area contributed by atoms with Gasteiger partial charge in [0.05, 0.1) is 11.8 Å². The molecule has 1 aliphatic heterocycles. The van der Waals surface area contributed by atoms with E-state index in [-0.39, 0.29) is 6.10 Å². The summed E-state index contributed by atoms with van der Waals surface area (Å²) in [6, 6.07) is 0. The summed E-state index contributed by atoms with van der Waals surface area (Å²) in [5.41, 5.74) is 4.86. The van der Waals surface area contributed by atoms with Crippen LogP contribution in [0, 0.1) is 6.92 Å². The van der Waals surface area contributed by atoms with Crippen LogP contribution in [0.2, 0.25) is 0 Å². The van der Waals surface area contributed by atoms with Crippen molar-refractivity contribution in [1.82, 2.24) is 14.7 Å². The molecule has 1 saturated heterocycles. The van der Waals surface area contributed by atoms with Gasteiger partial charge >= 0.3 is 0 Å². The number of aliphatic hydroxyl groups excluding tert-OH is 1. The van der Waals surface area contributed by atoms with Gasteiger partial charge in [0.25, 0.3) is 0 Å². The van der Waals surface area contributed by atoms with Crippen LogP contribution in [0.3, 0.4) is 0 Å². The first-order valence-corrected chi connectivity index (χ1v) is 6.01. The zero-order valence-electron chi connectivity index (χ0n) is 10.5. The Hall–Kier alpha value is -1.11. The van der Waals surface area contributed by atoms with Crippen LogP contribution in [0.25, 0.3) is 0 Å². The van der Waals surface area contributed by atoms with Crippen LogP contribution < -0.4 is 11.3 Å². The molecule has 0 atom stereocenters. The van der Waals surface area contributed by atoms with Gasteiger partial charge in [0.1, 0.15) is 5.82 Å². The average molecular weight is 239 g/mol. The first-order valence-electron chi connectivity index (χ1n) is 6.01. The maximum atomic E-state index is 9.48. The molecule has 96 valence electrons. The second kappa shape index (κ2) is 5.03. The molecule has 2 rings (SSSR count). The quantitative estimate of drug-likeness (QED) is 0.510. The molecule has 2 heterocycles. The number of aliphatic hydroxyl groups is 1. The molecule has 0 aliphatic carbocycles. The van der Waals surface area contributed by atoms with Gasteiger partial charge in [0.2, 0.25) is 0 Å². The molecule has 0 unspecified atom stereocenters. The maximum absolute atomic E-state index is 9.48. The highest BCUT2D eigenvalue weighted by molar-refractivity contribution is 5.46. The van der Waals surface area contributed by atoms with Crippen molar-refractivity contribution in [2.45, 2.75) is 32.4 Å². The number of piperidine rings is 1. The van der Waals surface area contributed by atoms with Gasteiger partial charge in [-0.15, -0.1) is 0 Å². The van der Waals surface area contributed by atoms with E-state index < -0.39 is 0 Å². The van der Waals surface area contributed by atoms with E-state index >= 15 is 0 Å². The van der Waals surface area contributed by atoms with Crippen LogP contribution >= 0.6 is 0 Å². The van der Waals surface area contributed by atoms with Gasteiger partial charge in [-0.25, -0.2) is 5.84 Å². The Labute approximate surface area is 101 Å². The number of nitrogens with one attached hydrogen (secondary N) is 1. The predicted molar refractivity (Wildman–Crippen MR) is 66.3 cm³/mol. The summed E-state index contributed by atoms with van der Waals surface area (Å²) in [6.45, 7) is 4.69. The lowest BCUT2D eigenvalue weighted by Gasteiger charge is -2.29. The van der Waals surface area contributed by atoms with Crippen molar-refractivity contribution in [1.29, 1.82) is 0 Å². The number of rotatable bonds is 3. The third-order valence-electron chi connectivity index (χ3n) is 3.42. The fraction of sp³-hybridized carbons (Fsp3) is 0.727. The Bertz CT molecular complexity index is 381. The highest BCUT2D eigenvalue weighted by Gasteiger charge is 2.20. The van der Waals surface area contributed by atoms with Crippen LogP contribution in [0.4, 0.5) is 5.82 Å². The number of hydrogen-bond donors (Lipinski definition) is 3. The van der Waals surface area contributed by atoms with E-state index in [1.807, 2.05) is 14.0 Å². The van der Waals surface area contributed by atoms with Crippen LogP contribution in [-0.4, -0.2) is 39.0 Å². The lowest BCUT2D eigenvalue weighted by molar-refractivity contribution is 0.0792. The van der Waals surface area contributed by atoms with E-state index in [2.05, 4.69) is 15.4 Å². The molecule has 6 nitrogen and oxygen atoms in total. The molecule has 17 heavy (non-hydrogen) atoms. The van der Waals surface area contributed by atoms with E-state index in [0.717, 1.165) is 49.6 Å². The number of aromatic nitrogens is 2. The van der Waals surface area contributed by atoms with Crippen molar-refractivity contribution in [2.75, 3.05) is 18.5 Å². The number of nitrogen functional groups attached to an aromatic ring is 1. The third kappa shape index (κ3) is 2.59. The smallest absolute Gasteiger partial charge is 0.142 e. The summed E-state index contributed by atoms with van der Waals surface area (Å²) in [5.74, 6) is 6.39. The third-order valence-corrected chi connectivity index (χ3v) is 3.42. The molecular formula is C11H21N5O. The number of likely N-dealkylation sites (tertiary alicyclic amines) is 1. The van der Waals surface area contributed by atoms with Gasteiger partial charge in [-0.05, 0) is 19.8 Å². The minimum Gasteiger partial charge on any atom is -0.393 e. The second-order valence-corrected chi connectivity index (χ2v) is 4.69. The first-order chi connectivity index (χ1) is 8.11. The largest absolute Gasteiger partial charge is 0.393 e. The lowest BCUT2D eigenvalue weighted by Crippen LogP contribution is -2.35. The lowest BCUT2D eigenvalue weighted by atomic mass is 10.1. The predicted octanol–water partition coefficient (Wildman–Crippen LogP) is -0.0292. The van der Waals surface area contributed by atoms with Crippen molar-refractivity contribution in [3.8, 4) is 0 Å². The van der Waals surface area contributed by atoms with Crippen LogP contribution in [0.1, 0.15) is 24.1 Å². The van der Waals surface area contributed by atoms with E-state index in [0.29, 0.717) is 0 Å². The van der Waals surface area contributed by atoms with Crippen molar-refractivity contribution < 1.29 is 5.11 Å². The van der Waals surface area contributed by atoms with E-state index in [1.54, 1.807) is 4.68 Å². The van der Waals surface area contributed by atoms with Crippen LogP contribution in [-0.2, 0) is 13.6 Å². The molecule has 1 aromatic rings. The minimum absolute atomic E-state index is 0.131. The van der Waals surface area contributed by atoms with E-state index in [4.69, 9.17) is 5.84 Å². The van der Waals surface area contributed by atoms with Gasteiger partial charge in [-0.3, -0.25) is 9.58 Å². The molecule has 4 N–H and O–H groups in total. The normalized spacial score (nSPS) is 18.6. The Kier molecular flexibility index (Phi) is 3.66. The van der Waals surface area contributed by atoms with Gasteiger partial charge < -0.3 is 10.5 Å². The molecule has 1 fully saturated rings. The summed E-state index contributed by atoms with van der Waals surface area (Å²) in [4.78, 5) is 2.33. The Morgan fingerprint density at radius 1 is 1.47 bits per heavy atom. The zero-order valence-corrected chi connectivity index (χ0v) is 10.5. The van der Waals surface area contributed by atoms with Crippen LogP contribution in [0.5, 0.6) is 0 Å². The molecule has 1 aliphatic rings. The molecule has 0 bridgehead atoms. The number of nitrogens with two attached hydrogens (primary N) is 1. The maximum Gasteiger partial charge on any atom is 0.142 e. The summed E-state index contributed by atoms with van der Waals surface area (Å²) in [5, 5.41) is 13.8. The second-order valence-electron chi connectivity index (χ2n) is 4.69. The molecule has 0 aromatic carbocycles. The highest BCUT2D eigenvalue weighted by Crippen LogP contribution is 2.21. The van der Waals surface area contributed by atoms with Crippen LogP contribution in [0.15, 0.2) is 0 Å². The monoisotopic (exact) mass is 239 g/mol. The number of hydrazine groups is 1. The number of hydrogen-bond acceptors (Lipinski definition) is 5. The van der Waals surface area contributed by atoms with E-state index in [1.165, 1.54) is 0 Å². The van der Waals surface area contributed by atoms with E-state index in [9.17, 15) is 5.11 Å². The highest BCUT2D eigenvalue weighted by atomic mass is 16.3. The Balaban J connectivity index is 2.08. The van der Waals surface area contributed by atoms with Crippen molar-refractivity contribution in [3.63, 3.8) is 0 Å². The van der Waals surface area contributed by atoms with Gasteiger partial charge in [0.15, 0.2) is 0 Å². The zero-order chi connectivity index (χ0) is 12.4.